The van der Waals surface area contributed by atoms with E-state index < -0.39 is 0 Å². The number of nitrogens with one attached hydrogen (secondary N) is 5. The summed E-state index contributed by atoms with van der Waals surface area (Å²) >= 11 is 0. The first-order chi connectivity index (χ1) is 39.7. The third kappa shape index (κ3) is 12.3. The van der Waals surface area contributed by atoms with Gasteiger partial charge in [-0.3, -0.25) is 0 Å². The monoisotopic (exact) mass is 1110 g/mol. The minimum absolute atomic E-state index is 0.00291. The van der Waals surface area contributed by atoms with E-state index in [0.29, 0.717) is 53.4 Å². The first kappa shape index (κ1) is 55.3. The molecule has 2 saturated heterocycles. The van der Waals surface area contributed by atoms with Gasteiger partial charge >= 0.3 is 12.1 Å². The van der Waals surface area contributed by atoms with Gasteiger partial charge in [0.15, 0.2) is 11.5 Å². The second-order valence-corrected chi connectivity index (χ2v) is 22.7. The lowest BCUT2D eigenvalue weighted by atomic mass is 9.77. The van der Waals surface area contributed by atoms with E-state index in [1.54, 1.807) is 7.11 Å². The molecule has 0 aliphatic carbocycles. The highest BCUT2D eigenvalue weighted by Crippen LogP contribution is 2.46. The number of nitrogens with zero attached hydrogens (tertiary/aromatic N) is 4. The van der Waals surface area contributed by atoms with Crippen LogP contribution in [0.15, 0.2) is 134 Å². The maximum Gasteiger partial charge on any atom is 0.323 e. The van der Waals surface area contributed by atoms with Crippen molar-refractivity contribution in [3.63, 3.8) is 0 Å². The molecular weight excluding hydrogens is 1030 g/mol. The van der Waals surface area contributed by atoms with Crippen molar-refractivity contribution in [2.24, 2.45) is 0 Å². The molecule has 6 heterocycles. The molecule has 6 aromatic carbocycles. The highest BCUT2D eigenvalue weighted by molar-refractivity contribution is 6.11. The van der Waals surface area contributed by atoms with Gasteiger partial charge in [-0.15, -0.1) is 0 Å². The van der Waals surface area contributed by atoms with Gasteiger partial charge in [-0.2, -0.15) is 0 Å². The van der Waals surface area contributed by atoms with Crippen molar-refractivity contribution in [2.75, 3.05) is 98.6 Å². The molecule has 2 fully saturated rings. The summed E-state index contributed by atoms with van der Waals surface area (Å²) in [5, 5.41) is 18.1. The average Bonchev–Trinajstić information content (AvgIpc) is 4.07. The van der Waals surface area contributed by atoms with E-state index >= 15 is 0 Å². The number of anilines is 6. The van der Waals surface area contributed by atoms with Crippen LogP contribution in [0.4, 0.5) is 43.8 Å². The Morgan fingerprint density at radius 2 is 1.24 bits per heavy atom. The Morgan fingerprint density at radius 1 is 0.646 bits per heavy atom. The Bertz CT molecular complexity index is 3610. The van der Waals surface area contributed by atoms with E-state index in [2.05, 4.69) is 106 Å². The van der Waals surface area contributed by atoms with E-state index in [1.165, 1.54) is 5.56 Å². The fourth-order valence-corrected chi connectivity index (χ4v) is 10.8. The number of hydrogen-bond acceptors (Lipinski definition) is 13. The highest BCUT2D eigenvalue weighted by Gasteiger charge is 2.32. The fourth-order valence-electron chi connectivity index (χ4n) is 10.8. The van der Waals surface area contributed by atoms with Crippen LogP contribution < -0.4 is 50.5 Å². The van der Waals surface area contributed by atoms with Crippen LogP contribution in [0, 0.1) is 0 Å². The van der Waals surface area contributed by atoms with Gasteiger partial charge in [-0.05, 0) is 98.8 Å². The molecule has 17 heteroatoms. The number of pyridine rings is 2. The molecule has 5 N–H and O–H groups in total. The third-order valence-corrected chi connectivity index (χ3v) is 15.6. The molecule has 0 atom stereocenters. The lowest BCUT2D eigenvalue weighted by Gasteiger charge is -2.39. The van der Waals surface area contributed by atoms with E-state index in [1.807, 2.05) is 116 Å². The van der Waals surface area contributed by atoms with E-state index in [9.17, 15) is 9.59 Å². The Morgan fingerprint density at radius 3 is 1.84 bits per heavy atom. The SMILES string of the molecule is CC(C)(C)c1cc(NC(=O)Nc2ccc(-c3ccc(NN4CCOCC4)nc3)c3ccccc23)c2c(c1)OCO2.COc1cc2c(cc1NC(=O)Nc1ccc(-c3ccc(OC4CCOCC4)nc3)c3ccccc13)C(C)(C)CCN2C. The standard InChI is InChI=1S/C34H38N4O4.C31H33N5O4/c1-34(2)15-16-38(3)30-20-31(40-4)29(19-27(30)34)37-33(39)36-28-11-10-24(25-7-5-6-8-26(25)28)22-9-12-32(35-21-22)42-23-13-17-41-18-14-23;1-31(2,3)21-16-26(29-27(17-21)39-19-40-29)34-30(37)33-25-10-9-22(23-6-4-5-7-24(23)25)20-8-11-28(32-18-20)35-36-12-14-38-15-13-36/h5-12,19-21,23H,13-18H2,1-4H3,(H2,36,37,39);4-11,16-18H,12-15,19H2,1-3H3,(H,32,35)(H2,33,34,37). The Labute approximate surface area is 478 Å². The van der Waals surface area contributed by atoms with Crippen molar-refractivity contribution in [3.8, 4) is 45.4 Å². The Kier molecular flexibility index (Phi) is 16.1. The molecule has 17 nitrogen and oxygen atoms in total. The first-order valence-corrected chi connectivity index (χ1v) is 28.0. The third-order valence-electron chi connectivity index (χ3n) is 15.6. The van der Waals surface area contributed by atoms with Crippen LogP contribution in [0.1, 0.15) is 65.0 Å². The molecule has 8 aromatic rings. The number of fused-ring (bicyclic) bond motifs is 4. The summed E-state index contributed by atoms with van der Waals surface area (Å²) in [6.07, 6.45) is 6.65. The van der Waals surface area contributed by atoms with E-state index in [4.69, 9.17) is 28.4 Å². The van der Waals surface area contributed by atoms with Crippen LogP contribution in [0.2, 0.25) is 0 Å². The minimum atomic E-state index is -0.359. The Hall–Kier alpha value is -8.64. The van der Waals surface area contributed by atoms with Gasteiger partial charge in [-0.1, -0.05) is 95.3 Å². The van der Waals surface area contributed by atoms with Crippen molar-refractivity contribution in [1.82, 2.24) is 15.0 Å². The van der Waals surface area contributed by atoms with Crippen molar-refractivity contribution in [1.29, 1.82) is 0 Å². The lowest BCUT2D eigenvalue weighted by Crippen LogP contribution is -2.40. The van der Waals surface area contributed by atoms with Gasteiger partial charge in [0.05, 0.1) is 56.3 Å². The maximum atomic E-state index is 13.3. The number of amides is 4. The summed E-state index contributed by atoms with van der Waals surface area (Å²) in [5.41, 5.74) is 13.3. The second kappa shape index (κ2) is 23.8. The molecular formula is C65H71N9O8. The summed E-state index contributed by atoms with van der Waals surface area (Å²) < 4.78 is 33.8. The maximum absolute atomic E-state index is 13.3. The molecule has 82 heavy (non-hydrogen) atoms. The molecule has 0 spiro atoms. The van der Waals surface area contributed by atoms with Gasteiger partial charge < -0.3 is 60.0 Å². The quantitative estimate of drug-likeness (QED) is 0.0826. The van der Waals surface area contributed by atoms with Crippen LogP contribution in [-0.4, -0.2) is 100 Å². The molecule has 12 rings (SSSR count). The Balaban J connectivity index is 0.000000172. The average molecular weight is 1110 g/mol. The summed E-state index contributed by atoms with van der Waals surface area (Å²) in [5.74, 6) is 3.23. The number of urea groups is 2. The lowest BCUT2D eigenvalue weighted by molar-refractivity contribution is 0.0237. The summed E-state index contributed by atoms with van der Waals surface area (Å²) in [4.78, 5) is 38.0. The topological polar surface area (TPSA) is 182 Å². The molecule has 4 aliphatic heterocycles. The van der Waals surface area contributed by atoms with E-state index in [0.717, 1.165) is 119 Å². The second-order valence-electron chi connectivity index (χ2n) is 22.7. The van der Waals surface area contributed by atoms with Crippen LogP contribution in [0.25, 0.3) is 43.8 Å². The number of hydrogen-bond donors (Lipinski definition) is 5. The number of morpholine rings is 1. The zero-order chi connectivity index (χ0) is 57.0. The predicted octanol–water partition coefficient (Wildman–Crippen LogP) is 13.5. The zero-order valence-corrected chi connectivity index (χ0v) is 47.6. The van der Waals surface area contributed by atoms with E-state index in [-0.39, 0.29) is 35.8 Å². The van der Waals surface area contributed by atoms with Crippen LogP contribution >= 0.6 is 0 Å². The van der Waals surface area contributed by atoms with Gasteiger partial charge in [0, 0.05) is 91.6 Å². The number of methoxy groups -OCH3 is 1. The molecule has 4 aliphatic rings. The molecule has 424 valence electrons. The van der Waals surface area contributed by atoms with Gasteiger partial charge in [0.2, 0.25) is 12.7 Å². The molecule has 0 unspecified atom stereocenters. The summed E-state index contributed by atoms with van der Waals surface area (Å²) in [7, 11) is 3.72. The molecule has 0 bridgehead atoms. The molecule has 0 saturated carbocycles. The summed E-state index contributed by atoms with van der Waals surface area (Å²) in [6.45, 7) is 16.5. The predicted molar refractivity (Wildman–Crippen MR) is 325 cm³/mol. The zero-order valence-electron chi connectivity index (χ0n) is 47.6. The van der Waals surface area contributed by atoms with Crippen molar-refractivity contribution in [2.45, 2.75) is 70.8 Å². The minimum Gasteiger partial charge on any atom is -0.494 e. The fraction of sp³-hybridized carbons (Fsp3) is 0.323. The number of carbonyl (C=O) groups excluding carboxylic acids is 2. The number of rotatable bonds is 11. The molecule has 2 aromatic heterocycles. The number of hydrazine groups is 1. The normalized spacial score (nSPS) is 15.9. The molecule has 4 amide bonds. The molecule has 0 radical (unpaired) electrons. The van der Waals surface area contributed by atoms with Gasteiger partial charge in [0.1, 0.15) is 17.7 Å². The van der Waals surface area contributed by atoms with Gasteiger partial charge in [-0.25, -0.2) is 24.6 Å². The first-order valence-electron chi connectivity index (χ1n) is 28.0. The number of benzene rings is 6. The largest absolute Gasteiger partial charge is 0.494 e. The van der Waals surface area contributed by atoms with Crippen molar-refractivity contribution >= 4 is 67.9 Å². The van der Waals surface area contributed by atoms with Crippen LogP contribution in [0.3, 0.4) is 0 Å². The number of carbonyl (C=O) groups is 2. The van der Waals surface area contributed by atoms with Gasteiger partial charge in [0.25, 0.3) is 0 Å². The van der Waals surface area contributed by atoms with Crippen LogP contribution in [0.5, 0.6) is 23.1 Å². The van der Waals surface area contributed by atoms with Crippen LogP contribution in [-0.2, 0) is 20.3 Å². The van der Waals surface area contributed by atoms with Crippen molar-refractivity contribution < 1.29 is 38.0 Å². The number of ether oxygens (including phenoxy) is 6. The number of aromatic nitrogens is 2. The summed E-state index contributed by atoms with van der Waals surface area (Å²) in [6, 6.07) is 39.3. The smallest absolute Gasteiger partial charge is 0.323 e. The van der Waals surface area contributed by atoms with Crippen molar-refractivity contribution in [3.05, 3.63) is 145 Å². The highest BCUT2D eigenvalue weighted by atomic mass is 16.7.